The first-order valence-corrected chi connectivity index (χ1v) is 9.73. The van der Waals surface area contributed by atoms with E-state index >= 15 is 0 Å². The standard InChI is InChI=1S/C25H28O4/c1-19(17-26)18-29-25(20-7-5-4-6-8-20,21-9-13-23(27-2)14-10-21)22-11-15-24(28-3)16-12-22/h4-16,19,26H,17-18H2,1-3H3. The number of aliphatic hydroxyl groups excluding tert-OH is 1. The van der Waals surface area contributed by atoms with Crippen LogP contribution in [0.25, 0.3) is 0 Å². The Balaban J connectivity index is 2.21. The van der Waals surface area contributed by atoms with Crippen LogP contribution in [-0.2, 0) is 10.3 Å². The van der Waals surface area contributed by atoms with Crippen LogP contribution in [0.3, 0.4) is 0 Å². The maximum atomic E-state index is 9.57. The van der Waals surface area contributed by atoms with E-state index < -0.39 is 5.60 Å². The molecule has 0 heterocycles. The van der Waals surface area contributed by atoms with Crippen molar-refractivity contribution in [2.24, 2.45) is 5.92 Å². The Kier molecular flexibility index (Phi) is 6.91. The SMILES string of the molecule is COc1ccc(C(OCC(C)CO)(c2ccccc2)c2ccc(OC)cc2)cc1. The lowest BCUT2D eigenvalue weighted by molar-refractivity contribution is -0.0146. The molecule has 3 rings (SSSR count). The second kappa shape index (κ2) is 9.59. The van der Waals surface area contributed by atoms with E-state index in [1.807, 2.05) is 73.7 Å². The maximum absolute atomic E-state index is 9.57. The zero-order chi connectivity index (χ0) is 20.7. The van der Waals surface area contributed by atoms with Gasteiger partial charge in [-0.25, -0.2) is 0 Å². The first-order valence-electron chi connectivity index (χ1n) is 9.73. The summed E-state index contributed by atoms with van der Waals surface area (Å²) in [6.07, 6.45) is 0. The quantitative estimate of drug-likeness (QED) is 0.539. The zero-order valence-electron chi connectivity index (χ0n) is 17.2. The van der Waals surface area contributed by atoms with Gasteiger partial charge in [-0.3, -0.25) is 0 Å². The third kappa shape index (κ3) is 4.44. The lowest BCUT2D eigenvalue weighted by Crippen LogP contribution is -2.34. The van der Waals surface area contributed by atoms with Crippen molar-refractivity contribution in [1.29, 1.82) is 0 Å². The summed E-state index contributed by atoms with van der Waals surface area (Å²) in [5, 5.41) is 9.57. The molecule has 0 saturated heterocycles. The summed E-state index contributed by atoms with van der Waals surface area (Å²) >= 11 is 0. The fourth-order valence-electron chi connectivity index (χ4n) is 3.39. The van der Waals surface area contributed by atoms with Gasteiger partial charge in [0.05, 0.1) is 20.8 Å². The Labute approximate surface area is 172 Å². The van der Waals surface area contributed by atoms with Crippen molar-refractivity contribution in [1.82, 2.24) is 0 Å². The fourth-order valence-corrected chi connectivity index (χ4v) is 3.39. The van der Waals surface area contributed by atoms with E-state index in [4.69, 9.17) is 14.2 Å². The summed E-state index contributed by atoms with van der Waals surface area (Å²) in [4.78, 5) is 0. The van der Waals surface area contributed by atoms with Crippen molar-refractivity contribution in [3.8, 4) is 11.5 Å². The minimum absolute atomic E-state index is 0.00887. The molecule has 0 aliphatic heterocycles. The van der Waals surface area contributed by atoms with E-state index in [0.717, 1.165) is 28.2 Å². The van der Waals surface area contributed by atoms with Crippen LogP contribution in [0.5, 0.6) is 11.5 Å². The molecule has 29 heavy (non-hydrogen) atoms. The monoisotopic (exact) mass is 392 g/mol. The lowest BCUT2D eigenvalue weighted by atomic mass is 9.80. The number of benzene rings is 3. The van der Waals surface area contributed by atoms with Crippen molar-refractivity contribution in [3.05, 3.63) is 95.6 Å². The molecule has 4 nitrogen and oxygen atoms in total. The van der Waals surface area contributed by atoms with Gasteiger partial charge in [0, 0.05) is 12.5 Å². The molecule has 3 aromatic rings. The molecule has 0 aromatic heterocycles. The first-order chi connectivity index (χ1) is 14.1. The van der Waals surface area contributed by atoms with Crippen LogP contribution < -0.4 is 9.47 Å². The maximum Gasteiger partial charge on any atom is 0.143 e. The zero-order valence-corrected chi connectivity index (χ0v) is 17.2. The predicted molar refractivity (Wildman–Crippen MR) is 115 cm³/mol. The summed E-state index contributed by atoms with van der Waals surface area (Å²) in [7, 11) is 3.31. The van der Waals surface area contributed by atoms with E-state index in [-0.39, 0.29) is 12.5 Å². The van der Waals surface area contributed by atoms with Gasteiger partial charge in [-0.05, 0) is 41.0 Å². The predicted octanol–water partition coefficient (Wildman–Crippen LogP) is 4.64. The van der Waals surface area contributed by atoms with Crippen LogP contribution in [0.1, 0.15) is 23.6 Å². The Morgan fingerprint density at radius 1 is 0.724 bits per heavy atom. The highest BCUT2D eigenvalue weighted by molar-refractivity contribution is 5.49. The smallest absolute Gasteiger partial charge is 0.143 e. The number of rotatable bonds is 9. The summed E-state index contributed by atoms with van der Waals surface area (Å²) in [5.74, 6) is 1.58. The van der Waals surface area contributed by atoms with Crippen LogP contribution >= 0.6 is 0 Å². The molecule has 0 radical (unpaired) electrons. The first kappa shape index (κ1) is 20.9. The topological polar surface area (TPSA) is 47.9 Å². The lowest BCUT2D eigenvalue weighted by Gasteiger charge is -2.37. The Morgan fingerprint density at radius 3 is 1.59 bits per heavy atom. The normalized spacial score (nSPS) is 12.4. The van der Waals surface area contributed by atoms with Gasteiger partial charge >= 0.3 is 0 Å². The molecule has 0 aliphatic rings. The van der Waals surface area contributed by atoms with E-state index in [0.29, 0.717) is 6.61 Å². The number of aliphatic hydroxyl groups is 1. The van der Waals surface area contributed by atoms with Gasteiger partial charge in [-0.2, -0.15) is 0 Å². The van der Waals surface area contributed by atoms with Crippen molar-refractivity contribution < 1.29 is 19.3 Å². The Bertz CT molecular complexity index is 825. The molecule has 0 aliphatic carbocycles. The minimum atomic E-state index is -0.830. The molecule has 3 aromatic carbocycles. The van der Waals surface area contributed by atoms with E-state index in [1.54, 1.807) is 14.2 Å². The second-order valence-corrected chi connectivity index (χ2v) is 7.10. The summed E-state index contributed by atoms with van der Waals surface area (Å²) in [6, 6.07) is 26.0. The van der Waals surface area contributed by atoms with Gasteiger partial charge in [0.15, 0.2) is 0 Å². The molecular formula is C25H28O4. The van der Waals surface area contributed by atoms with Crippen molar-refractivity contribution in [2.75, 3.05) is 27.4 Å². The molecule has 1 unspecified atom stereocenters. The molecule has 0 amide bonds. The molecule has 1 N–H and O–H groups in total. The van der Waals surface area contributed by atoms with Crippen molar-refractivity contribution in [2.45, 2.75) is 12.5 Å². The average Bonchev–Trinajstić information content (AvgIpc) is 2.80. The number of methoxy groups -OCH3 is 2. The molecule has 0 saturated carbocycles. The van der Waals surface area contributed by atoms with Crippen LogP contribution in [0.4, 0.5) is 0 Å². The van der Waals surface area contributed by atoms with Crippen LogP contribution in [0, 0.1) is 5.92 Å². The highest BCUT2D eigenvalue weighted by Crippen LogP contribution is 2.41. The van der Waals surface area contributed by atoms with Gasteiger partial charge in [0.2, 0.25) is 0 Å². The van der Waals surface area contributed by atoms with Crippen molar-refractivity contribution >= 4 is 0 Å². The second-order valence-electron chi connectivity index (χ2n) is 7.10. The van der Waals surface area contributed by atoms with Gasteiger partial charge in [0.1, 0.15) is 17.1 Å². The minimum Gasteiger partial charge on any atom is -0.497 e. The third-order valence-corrected chi connectivity index (χ3v) is 5.07. The summed E-state index contributed by atoms with van der Waals surface area (Å²) in [5.41, 5.74) is 2.16. The van der Waals surface area contributed by atoms with Gasteiger partial charge in [-0.1, -0.05) is 61.5 Å². The molecule has 0 fully saturated rings. The average molecular weight is 392 g/mol. The Hall–Kier alpha value is -2.82. The number of hydrogen-bond donors (Lipinski definition) is 1. The number of hydrogen-bond acceptors (Lipinski definition) is 4. The van der Waals surface area contributed by atoms with E-state index in [2.05, 4.69) is 12.1 Å². The van der Waals surface area contributed by atoms with Crippen LogP contribution in [0.2, 0.25) is 0 Å². The summed E-state index contributed by atoms with van der Waals surface area (Å²) in [6.45, 7) is 2.44. The molecule has 0 bridgehead atoms. The molecule has 4 heteroatoms. The number of ether oxygens (including phenoxy) is 3. The van der Waals surface area contributed by atoms with E-state index in [1.165, 1.54) is 0 Å². The van der Waals surface area contributed by atoms with Crippen molar-refractivity contribution in [3.63, 3.8) is 0 Å². The van der Waals surface area contributed by atoms with Crippen LogP contribution in [-0.4, -0.2) is 32.5 Å². The molecular weight excluding hydrogens is 364 g/mol. The Morgan fingerprint density at radius 2 is 1.17 bits per heavy atom. The molecule has 1 atom stereocenters. The highest BCUT2D eigenvalue weighted by atomic mass is 16.5. The highest BCUT2D eigenvalue weighted by Gasteiger charge is 2.38. The van der Waals surface area contributed by atoms with Gasteiger partial charge in [-0.15, -0.1) is 0 Å². The van der Waals surface area contributed by atoms with Crippen LogP contribution in [0.15, 0.2) is 78.9 Å². The largest absolute Gasteiger partial charge is 0.497 e. The van der Waals surface area contributed by atoms with Gasteiger partial charge in [0.25, 0.3) is 0 Å². The van der Waals surface area contributed by atoms with E-state index in [9.17, 15) is 5.11 Å². The third-order valence-electron chi connectivity index (χ3n) is 5.07. The van der Waals surface area contributed by atoms with Gasteiger partial charge < -0.3 is 19.3 Å². The fraction of sp³-hybridized carbons (Fsp3) is 0.280. The molecule has 0 spiro atoms. The molecule has 152 valence electrons. The summed E-state index contributed by atoms with van der Waals surface area (Å²) < 4.78 is 17.3.